The van der Waals surface area contributed by atoms with Crippen LogP contribution in [-0.4, -0.2) is 20.5 Å². The molecule has 22 heavy (non-hydrogen) atoms. The normalized spacial score (nSPS) is 12.7. The van der Waals surface area contributed by atoms with Gasteiger partial charge in [0, 0.05) is 5.56 Å². The average Bonchev–Trinajstić information content (AvgIpc) is 2.78. The van der Waals surface area contributed by atoms with Crippen LogP contribution in [0.4, 0.5) is 0 Å². The number of hydrogen-bond acceptors (Lipinski definition) is 3. The topological polar surface area (TPSA) is 43.1 Å². The molecule has 0 bridgehead atoms. The van der Waals surface area contributed by atoms with Crippen LogP contribution in [0.25, 0.3) is 11.3 Å². The van der Waals surface area contributed by atoms with Crippen LogP contribution in [0.15, 0.2) is 54.6 Å². The van der Waals surface area contributed by atoms with Crippen LogP contribution in [0.5, 0.6) is 0 Å². The Morgan fingerprint density at radius 1 is 1.27 bits per heavy atom. The molecule has 2 heterocycles. The van der Waals surface area contributed by atoms with E-state index in [-0.39, 0.29) is 0 Å². The number of hydrogen-bond donors (Lipinski definition) is 0. The number of nitrogens with zero attached hydrogens (tertiary/aromatic N) is 4. The van der Waals surface area contributed by atoms with Crippen LogP contribution in [0.3, 0.4) is 0 Å². The Labute approximate surface area is 130 Å². The van der Waals surface area contributed by atoms with Crippen LogP contribution < -0.4 is 0 Å². The van der Waals surface area contributed by atoms with E-state index < -0.39 is 0 Å². The van der Waals surface area contributed by atoms with Crippen molar-refractivity contribution in [1.82, 2.24) is 14.8 Å². The van der Waals surface area contributed by atoms with Crippen LogP contribution >= 0.6 is 0 Å². The Morgan fingerprint density at radius 3 is 2.73 bits per heavy atom. The highest BCUT2D eigenvalue weighted by Gasteiger charge is 2.21. The minimum absolute atomic E-state index is 0.495. The molecular formula is C18H18N4. The van der Waals surface area contributed by atoms with Crippen molar-refractivity contribution in [3.05, 3.63) is 72.4 Å². The zero-order valence-corrected chi connectivity index (χ0v) is 12.9. The van der Waals surface area contributed by atoms with Gasteiger partial charge in [0.15, 0.2) is 5.82 Å². The van der Waals surface area contributed by atoms with Gasteiger partial charge in [-0.2, -0.15) is 0 Å². The zero-order chi connectivity index (χ0) is 15.9. The van der Waals surface area contributed by atoms with Crippen molar-refractivity contribution in [3.63, 3.8) is 0 Å². The van der Waals surface area contributed by atoms with Crippen molar-refractivity contribution in [2.45, 2.75) is 20.4 Å². The van der Waals surface area contributed by atoms with Gasteiger partial charge in [-0.1, -0.05) is 31.9 Å². The lowest BCUT2D eigenvalue weighted by molar-refractivity contribution is 0.861. The number of fused-ring (bicyclic) bond motifs is 3. The Kier molecular flexibility index (Phi) is 3.37. The summed E-state index contributed by atoms with van der Waals surface area (Å²) in [5.41, 5.74) is 5.79. The number of aromatic nitrogens is 3. The Bertz CT molecular complexity index is 837. The fraction of sp³-hybridized carbons (Fsp3) is 0.167. The summed E-state index contributed by atoms with van der Waals surface area (Å²) in [7, 11) is 0. The van der Waals surface area contributed by atoms with Gasteiger partial charge in [-0.25, -0.2) is 0 Å². The molecule has 1 aromatic carbocycles. The molecule has 0 saturated heterocycles. The highest BCUT2D eigenvalue weighted by atomic mass is 15.3. The van der Waals surface area contributed by atoms with E-state index in [1.54, 1.807) is 6.08 Å². The van der Waals surface area contributed by atoms with Gasteiger partial charge in [0.25, 0.3) is 0 Å². The smallest absolute Gasteiger partial charge is 0.159 e. The fourth-order valence-electron chi connectivity index (χ4n) is 2.66. The summed E-state index contributed by atoms with van der Waals surface area (Å²) in [6.45, 7) is 16.3. The summed E-state index contributed by atoms with van der Waals surface area (Å²) >= 11 is 0. The Balaban J connectivity index is 2.31. The largest absolute Gasteiger partial charge is 0.281 e. The molecule has 110 valence electrons. The predicted molar refractivity (Wildman–Crippen MR) is 90.4 cm³/mol. The summed E-state index contributed by atoms with van der Waals surface area (Å²) in [6, 6.07) is 6.18. The third kappa shape index (κ3) is 2.13. The lowest BCUT2D eigenvalue weighted by atomic mass is 9.97. The van der Waals surface area contributed by atoms with E-state index in [2.05, 4.69) is 51.6 Å². The van der Waals surface area contributed by atoms with Gasteiger partial charge in [0.05, 0.1) is 11.4 Å². The lowest BCUT2D eigenvalue weighted by Crippen LogP contribution is -2.08. The molecule has 4 heteroatoms. The standard InChI is InChI=1S/C18H18N4/c1-6-12(4)14-7-8-16-15(9-14)18(11(2)3)19-10-17-21-20-13(5)22(16)17/h6-9H,1-2,4,10H2,3,5H3. The van der Waals surface area contributed by atoms with Crippen molar-refractivity contribution >= 4 is 11.3 Å². The number of rotatable bonds is 3. The third-order valence-corrected chi connectivity index (χ3v) is 3.78. The molecule has 0 aliphatic carbocycles. The Morgan fingerprint density at radius 2 is 2.05 bits per heavy atom. The SMILES string of the molecule is C=CC(=C)c1ccc2c(c1)C(C(=C)C)=NCc1nnc(C)n1-2. The molecule has 0 spiro atoms. The summed E-state index contributed by atoms with van der Waals surface area (Å²) in [5, 5.41) is 8.40. The molecule has 0 unspecified atom stereocenters. The van der Waals surface area contributed by atoms with Gasteiger partial charge in [0.1, 0.15) is 12.4 Å². The van der Waals surface area contributed by atoms with E-state index in [1.165, 1.54) is 0 Å². The molecule has 4 nitrogen and oxygen atoms in total. The van der Waals surface area contributed by atoms with E-state index in [1.807, 2.05) is 19.9 Å². The number of benzene rings is 1. The predicted octanol–water partition coefficient (Wildman–Crippen LogP) is 3.65. The number of aryl methyl sites for hydroxylation is 1. The van der Waals surface area contributed by atoms with Gasteiger partial charge >= 0.3 is 0 Å². The first-order valence-corrected chi connectivity index (χ1v) is 7.10. The van der Waals surface area contributed by atoms with E-state index in [9.17, 15) is 0 Å². The molecule has 1 aliphatic heterocycles. The van der Waals surface area contributed by atoms with Gasteiger partial charge in [-0.15, -0.1) is 10.2 Å². The number of allylic oxidation sites excluding steroid dienone is 3. The van der Waals surface area contributed by atoms with Crippen molar-refractivity contribution in [2.24, 2.45) is 4.99 Å². The summed E-state index contributed by atoms with van der Waals surface area (Å²) in [5.74, 6) is 1.69. The third-order valence-electron chi connectivity index (χ3n) is 3.78. The molecule has 0 saturated carbocycles. The summed E-state index contributed by atoms with van der Waals surface area (Å²) in [6.07, 6.45) is 1.76. The van der Waals surface area contributed by atoms with Gasteiger partial charge in [-0.05, 0) is 42.7 Å². The van der Waals surface area contributed by atoms with E-state index in [0.29, 0.717) is 6.54 Å². The zero-order valence-electron chi connectivity index (χ0n) is 12.9. The van der Waals surface area contributed by atoms with E-state index in [4.69, 9.17) is 0 Å². The minimum atomic E-state index is 0.495. The lowest BCUT2D eigenvalue weighted by Gasteiger charge is -2.14. The van der Waals surface area contributed by atoms with Gasteiger partial charge < -0.3 is 0 Å². The van der Waals surface area contributed by atoms with Crippen molar-refractivity contribution in [3.8, 4) is 5.69 Å². The van der Waals surface area contributed by atoms with E-state index in [0.717, 1.165) is 45.3 Å². The second-order valence-corrected chi connectivity index (χ2v) is 5.41. The molecule has 0 fully saturated rings. The summed E-state index contributed by atoms with van der Waals surface area (Å²) in [4.78, 5) is 4.68. The quantitative estimate of drug-likeness (QED) is 0.810. The first-order valence-electron chi connectivity index (χ1n) is 7.10. The molecule has 0 amide bonds. The maximum atomic E-state index is 4.68. The molecule has 0 atom stereocenters. The number of aliphatic imine (C=N–C) groups is 1. The summed E-state index contributed by atoms with van der Waals surface area (Å²) < 4.78 is 2.05. The minimum Gasteiger partial charge on any atom is -0.281 e. The van der Waals surface area contributed by atoms with Crippen molar-refractivity contribution in [2.75, 3.05) is 0 Å². The molecule has 0 N–H and O–H groups in total. The van der Waals surface area contributed by atoms with Gasteiger partial charge in [0.2, 0.25) is 0 Å². The molecule has 1 aromatic heterocycles. The van der Waals surface area contributed by atoms with Crippen LogP contribution in [0, 0.1) is 6.92 Å². The van der Waals surface area contributed by atoms with Crippen LogP contribution in [-0.2, 0) is 6.54 Å². The fourth-order valence-corrected chi connectivity index (χ4v) is 2.66. The average molecular weight is 290 g/mol. The molecule has 1 aliphatic rings. The van der Waals surface area contributed by atoms with Crippen molar-refractivity contribution < 1.29 is 0 Å². The first kappa shape index (κ1) is 14.2. The second-order valence-electron chi connectivity index (χ2n) is 5.41. The molecule has 3 rings (SSSR count). The highest BCUT2D eigenvalue weighted by molar-refractivity contribution is 6.14. The highest BCUT2D eigenvalue weighted by Crippen LogP contribution is 2.28. The van der Waals surface area contributed by atoms with Crippen LogP contribution in [0.2, 0.25) is 0 Å². The Hall–Kier alpha value is -2.75. The maximum Gasteiger partial charge on any atom is 0.159 e. The second kappa shape index (κ2) is 5.22. The first-order chi connectivity index (χ1) is 10.5. The van der Waals surface area contributed by atoms with Crippen LogP contribution in [0.1, 0.15) is 29.7 Å². The van der Waals surface area contributed by atoms with Crippen molar-refractivity contribution in [1.29, 1.82) is 0 Å². The maximum absolute atomic E-state index is 4.68. The molecular weight excluding hydrogens is 272 g/mol. The monoisotopic (exact) mass is 290 g/mol. The molecule has 2 aromatic rings. The van der Waals surface area contributed by atoms with E-state index >= 15 is 0 Å². The molecule has 0 radical (unpaired) electrons. The van der Waals surface area contributed by atoms with Gasteiger partial charge in [-0.3, -0.25) is 9.56 Å².